The molecule has 2 atom stereocenters. The van der Waals surface area contributed by atoms with Gasteiger partial charge < -0.3 is 10.2 Å². The Hall–Kier alpha value is -0.170. The van der Waals surface area contributed by atoms with Crippen LogP contribution in [0.25, 0.3) is 0 Å². The summed E-state index contributed by atoms with van der Waals surface area (Å²) >= 11 is 0. The summed E-state index contributed by atoms with van der Waals surface area (Å²) in [5, 5.41) is 3.27. The number of hydrogen-bond acceptors (Lipinski definition) is 4. The molecule has 6 heteroatoms. The van der Waals surface area contributed by atoms with Crippen molar-refractivity contribution in [3.05, 3.63) is 0 Å². The Labute approximate surface area is 110 Å². The van der Waals surface area contributed by atoms with Gasteiger partial charge in [-0.15, -0.1) is 0 Å². The van der Waals surface area contributed by atoms with Crippen molar-refractivity contribution in [1.29, 1.82) is 0 Å². The zero-order valence-corrected chi connectivity index (χ0v) is 12.0. The van der Waals surface area contributed by atoms with E-state index in [1.54, 1.807) is 0 Å². The van der Waals surface area contributed by atoms with E-state index in [-0.39, 0.29) is 17.7 Å². The Bertz CT molecular complexity index is 352. The second-order valence-electron chi connectivity index (χ2n) is 5.71. The molecule has 0 amide bonds. The number of nitrogens with zero attached hydrogens (tertiary/aromatic N) is 1. The lowest BCUT2D eigenvalue weighted by atomic mass is 10.0. The van der Waals surface area contributed by atoms with E-state index in [4.69, 9.17) is 0 Å². The summed E-state index contributed by atoms with van der Waals surface area (Å²) in [5.41, 5.74) is 0. The first-order valence-electron chi connectivity index (χ1n) is 6.94. The fourth-order valence-electron chi connectivity index (χ4n) is 2.94. The van der Waals surface area contributed by atoms with Crippen LogP contribution in [-0.2, 0) is 10.0 Å². The molecule has 0 radical (unpaired) electrons. The minimum absolute atomic E-state index is 0.102. The molecule has 0 aromatic heterocycles. The van der Waals surface area contributed by atoms with Gasteiger partial charge in [-0.1, -0.05) is 0 Å². The van der Waals surface area contributed by atoms with Crippen LogP contribution in [0.1, 0.15) is 25.7 Å². The lowest BCUT2D eigenvalue weighted by Gasteiger charge is -2.31. The van der Waals surface area contributed by atoms with Gasteiger partial charge in [0.05, 0.1) is 5.75 Å². The van der Waals surface area contributed by atoms with Crippen molar-refractivity contribution in [2.24, 2.45) is 5.92 Å². The van der Waals surface area contributed by atoms with Gasteiger partial charge in [0.15, 0.2) is 0 Å². The number of nitrogens with one attached hydrogen (secondary N) is 2. The van der Waals surface area contributed by atoms with E-state index in [2.05, 4.69) is 14.9 Å². The molecular formula is C12H25N3O2S. The van der Waals surface area contributed by atoms with E-state index in [1.165, 1.54) is 0 Å². The minimum Gasteiger partial charge on any atom is -0.316 e. The number of likely N-dealkylation sites (N-methyl/N-ethyl adjacent to an activating group) is 1. The zero-order valence-electron chi connectivity index (χ0n) is 11.2. The highest BCUT2D eigenvalue weighted by atomic mass is 32.2. The molecule has 18 heavy (non-hydrogen) atoms. The highest BCUT2D eigenvalue weighted by Crippen LogP contribution is 2.14. The summed E-state index contributed by atoms with van der Waals surface area (Å²) in [7, 11) is -1.07. The summed E-state index contributed by atoms with van der Waals surface area (Å²) in [6.07, 6.45) is 4.16. The first-order valence-corrected chi connectivity index (χ1v) is 8.60. The SMILES string of the molecule is CN1CCCC(NS(=O)(=O)CC2CCCNC2)C1. The van der Waals surface area contributed by atoms with Gasteiger partial charge >= 0.3 is 0 Å². The maximum atomic E-state index is 12.1. The molecule has 106 valence electrons. The Balaban J connectivity index is 1.82. The molecule has 2 fully saturated rings. The van der Waals surface area contributed by atoms with Crippen LogP contribution in [0.4, 0.5) is 0 Å². The molecule has 0 bridgehead atoms. The van der Waals surface area contributed by atoms with Crippen LogP contribution in [0.5, 0.6) is 0 Å². The van der Waals surface area contributed by atoms with Gasteiger partial charge in [0.2, 0.25) is 10.0 Å². The lowest BCUT2D eigenvalue weighted by molar-refractivity contribution is 0.242. The van der Waals surface area contributed by atoms with E-state index >= 15 is 0 Å². The Morgan fingerprint density at radius 1 is 1.33 bits per heavy atom. The average molecular weight is 275 g/mol. The van der Waals surface area contributed by atoms with E-state index in [9.17, 15) is 8.42 Å². The lowest BCUT2D eigenvalue weighted by Crippen LogP contribution is -2.48. The number of likely N-dealkylation sites (tertiary alicyclic amines) is 1. The second kappa shape index (κ2) is 6.32. The molecule has 2 aliphatic rings. The largest absolute Gasteiger partial charge is 0.316 e. The van der Waals surface area contributed by atoms with Gasteiger partial charge in [-0.25, -0.2) is 13.1 Å². The number of hydrogen-bond donors (Lipinski definition) is 2. The normalized spacial score (nSPS) is 31.4. The molecule has 0 aliphatic carbocycles. The third kappa shape index (κ3) is 4.50. The average Bonchev–Trinajstić information content (AvgIpc) is 2.28. The van der Waals surface area contributed by atoms with Crippen molar-refractivity contribution in [1.82, 2.24) is 14.9 Å². The Morgan fingerprint density at radius 3 is 2.83 bits per heavy atom. The first-order chi connectivity index (χ1) is 8.55. The fourth-order valence-corrected chi connectivity index (χ4v) is 4.64. The fraction of sp³-hybridized carbons (Fsp3) is 1.00. The monoisotopic (exact) mass is 275 g/mol. The summed E-state index contributed by atoms with van der Waals surface area (Å²) in [5.74, 6) is 0.554. The number of rotatable bonds is 4. The second-order valence-corrected chi connectivity index (χ2v) is 7.51. The molecular weight excluding hydrogens is 250 g/mol. The predicted molar refractivity (Wildman–Crippen MR) is 73.0 cm³/mol. The zero-order chi connectivity index (χ0) is 13.0. The molecule has 2 saturated heterocycles. The molecule has 0 spiro atoms. The van der Waals surface area contributed by atoms with Crippen LogP contribution in [-0.4, -0.2) is 58.3 Å². The van der Waals surface area contributed by atoms with Gasteiger partial charge in [-0.05, 0) is 58.3 Å². The summed E-state index contributed by atoms with van der Waals surface area (Å²) in [6, 6.07) is 0.102. The van der Waals surface area contributed by atoms with E-state index in [1.807, 2.05) is 7.05 Å². The van der Waals surface area contributed by atoms with Crippen LogP contribution in [0.3, 0.4) is 0 Å². The van der Waals surface area contributed by atoms with Gasteiger partial charge in [-0.3, -0.25) is 0 Å². The standard InChI is InChI=1S/C12H25N3O2S/c1-15-7-3-5-12(9-15)14-18(16,17)10-11-4-2-6-13-8-11/h11-14H,2-10H2,1H3. The van der Waals surface area contributed by atoms with Crippen molar-refractivity contribution in [2.45, 2.75) is 31.7 Å². The molecule has 0 aromatic rings. The van der Waals surface area contributed by atoms with Crippen LogP contribution in [0, 0.1) is 5.92 Å². The highest BCUT2D eigenvalue weighted by molar-refractivity contribution is 7.89. The molecule has 2 N–H and O–H groups in total. The van der Waals surface area contributed by atoms with Crippen molar-refractivity contribution in [3.63, 3.8) is 0 Å². The van der Waals surface area contributed by atoms with Gasteiger partial charge in [0.1, 0.15) is 0 Å². The maximum absolute atomic E-state index is 12.1. The van der Waals surface area contributed by atoms with Crippen LogP contribution < -0.4 is 10.0 Å². The first kappa shape index (κ1) is 14.2. The molecule has 2 unspecified atom stereocenters. The van der Waals surface area contributed by atoms with Crippen LogP contribution in [0.2, 0.25) is 0 Å². The van der Waals surface area contributed by atoms with E-state index < -0.39 is 10.0 Å². The van der Waals surface area contributed by atoms with Gasteiger partial charge in [0, 0.05) is 12.6 Å². The Kier molecular flexibility index (Phi) is 5.00. The molecule has 2 rings (SSSR count). The third-order valence-electron chi connectivity index (χ3n) is 3.82. The highest BCUT2D eigenvalue weighted by Gasteiger charge is 2.25. The molecule has 0 aromatic carbocycles. The van der Waals surface area contributed by atoms with Crippen LogP contribution in [0.15, 0.2) is 0 Å². The van der Waals surface area contributed by atoms with Gasteiger partial charge in [0.25, 0.3) is 0 Å². The Morgan fingerprint density at radius 2 is 2.17 bits per heavy atom. The third-order valence-corrected chi connectivity index (χ3v) is 5.43. The molecule has 0 saturated carbocycles. The van der Waals surface area contributed by atoms with Gasteiger partial charge in [-0.2, -0.15) is 0 Å². The summed E-state index contributed by atoms with van der Waals surface area (Å²) in [4.78, 5) is 2.19. The quantitative estimate of drug-likeness (QED) is 0.758. The topological polar surface area (TPSA) is 61.4 Å². The smallest absolute Gasteiger partial charge is 0.212 e. The summed E-state index contributed by atoms with van der Waals surface area (Å²) < 4.78 is 27.1. The molecule has 5 nitrogen and oxygen atoms in total. The van der Waals surface area contributed by atoms with E-state index in [0.717, 1.165) is 51.9 Å². The van der Waals surface area contributed by atoms with Crippen molar-refractivity contribution in [3.8, 4) is 0 Å². The molecule has 2 heterocycles. The van der Waals surface area contributed by atoms with Crippen molar-refractivity contribution < 1.29 is 8.42 Å². The van der Waals surface area contributed by atoms with Crippen molar-refractivity contribution in [2.75, 3.05) is 39.0 Å². The predicted octanol–water partition coefficient (Wildman–Crippen LogP) is -0.000400. The number of sulfonamides is 1. The van der Waals surface area contributed by atoms with Crippen molar-refractivity contribution >= 4 is 10.0 Å². The minimum atomic E-state index is -3.12. The molecule has 2 aliphatic heterocycles. The number of piperidine rings is 2. The van der Waals surface area contributed by atoms with E-state index in [0.29, 0.717) is 0 Å². The maximum Gasteiger partial charge on any atom is 0.212 e. The summed E-state index contributed by atoms with van der Waals surface area (Å²) in [6.45, 7) is 3.77. The van der Waals surface area contributed by atoms with Crippen LogP contribution >= 0.6 is 0 Å².